The molecule has 1 aromatic heterocycles. The topological polar surface area (TPSA) is 54.4 Å². The maximum Gasteiger partial charge on any atom is 0.105 e. The third-order valence-corrected chi connectivity index (χ3v) is 2.75. The predicted octanol–water partition coefficient (Wildman–Crippen LogP) is 0.0546. The van der Waals surface area contributed by atoms with Crippen molar-refractivity contribution in [1.29, 1.82) is 0 Å². The molecule has 4 heteroatoms. The molecule has 1 fully saturated rings. The largest absolute Gasteiger partial charge is 0.469 e. The molecule has 1 saturated heterocycles. The molecule has 1 aliphatic rings. The third-order valence-electron chi connectivity index (χ3n) is 2.75. The molecular weight excluding hydrogens is 190 g/mol. The average molecular weight is 209 g/mol. The smallest absolute Gasteiger partial charge is 0.105 e. The fraction of sp³-hybridized carbons (Fsp3) is 0.636. The van der Waals surface area contributed by atoms with E-state index in [2.05, 4.69) is 10.2 Å². The summed E-state index contributed by atoms with van der Waals surface area (Å²) in [4.78, 5) is 2.41. The van der Waals surface area contributed by atoms with Gasteiger partial charge in [-0.05, 0) is 12.1 Å². The fourth-order valence-corrected chi connectivity index (χ4v) is 1.98. The summed E-state index contributed by atoms with van der Waals surface area (Å²) in [6.07, 6.45) is 2.53. The van der Waals surface area contributed by atoms with Gasteiger partial charge in [0.2, 0.25) is 0 Å². The number of piperazine rings is 1. The van der Waals surface area contributed by atoms with E-state index >= 15 is 0 Å². The van der Waals surface area contributed by atoms with Crippen molar-refractivity contribution in [3.63, 3.8) is 0 Å². The van der Waals surface area contributed by atoms with Crippen LogP contribution in [0.15, 0.2) is 22.8 Å². The summed E-state index contributed by atoms with van der Waals surface area (Å²) < 4.78 is 5.28. The number of hydrogen-bond donors (Lipinski definition) is 2. The zero-order valence-electron chi connectivity index (χ0n) is 8.98. The molecule has 1 atom stereocenters. The SMILES string of the molecule is NC(Cc1ccco1)CN1CCNCC1. The Morgan fingerprint density at radius 3 is 2.93 bits per heavy atom. The molecule has 0 amide bonds. The van der Waals surface area contributed by atoms with Crippen molar-refractivity contribution in [1.82, 2.24) is 10.2 Å². The van der Waals surface area contributed by atoms with E-state index in [0.717, 1.165) is 44.9 Å². The van der Waals surface area contributed by atoms with Crippen molar-refractivity contribution in [3.8, 4) is 0 Å². The van der Waals surface area contributed by atoms with Gasteiger partial charge < -0.3 is 15.5 Å². The third kappa shape index (κ3) is 3.34. The Balaban J connectivity index is 1.74. The van der Waals surface area contributed by atoms with E-state index in [1.165, 1.54) is 0 Å². The van der Waals surface area contributed by atoms with Gasteiger partial charge in [0.25, 0.3) is 0 Å². The van der Waals surface area contributed by atoms with Crippen LogP contribution in [-0.2, 0) is 6.42 Å². The highest BCUT2D eigenvalue weighted by molar-refractivity contribution is 5.00. The standard InChI is InChI=1S/C11H19N3O/c12-10(8-11-2-1-7-15-11)9-14-5-3-13-4-6-14/h1-2,7,10,13H,3-6,8-9,12H2. The van der Waals surface area contributed by atoms with E-state index in [-0.39, 0.29) is 6.04 Å². The molecule has 0 saturated carbocycles. The van der Waals surface area contributed by atoms with E-state index in [1.54, 1.807) is 6.26 Å². The van der Waals surface area contributed by atoms with Gasteiger partial charge in [-0.25, -0.2) is 0 Å². The number of rotatable bonds is 4. The van der Waals surface area contributed by atoms with E-state index < -0.39 is 0 Å². The minimum atomic E-state index is 0.175. The summed E-state index contributed by atoms with van der Waals surface area (Å²) in [5.74, 6) is 0.984. The fourth-order valence-electron chi connectivity index (χ4n) is 1.98. The lowest BCUT2D eigenvalue weighted by molar-refractivity contribution is 0.225. The Kier molecular flexibility index (Phi) is 3.77. The Bertz CT molecular complexity index is 267. The molecule has 2 rings (SSSR count). The summed E-state index contributed by atoms with van der Waals surface area (Å²) in [5, 5.41) is 3.33. The second-order valence-electron chi connectivity index (χ2n) is 4.09. The second-order valence-corrected chi connectivity index (χ2v) is 4.09. The summed E-state index contributed by atoms with van der Waals surface area (Å²) in [5.41, 5.74) is 6.07. The van der Waals surface area contributed by atoms with Crippen molar-refractivity contribution >= 4 is 0 Å². The molecule has 3 N–H and O–H groups in total. The highest BCUT2D eigenvalue weighted by atomic mass is 16.3. The Morgan fingerprint density at radius 1 is 1.47 bits per heavy atom. The number of nitrogens with two attached hydrogens (primary N) is 1. The molecular formula is C11H19N3O. The first-order valence-electron chi connectivity index (χ1n) is 5.55. The lowest BCUT2D eigenvalue weighted by Crippen LogP contribution is -2.48. The molecule has 84 valence electrons. The van der Waals surface area contributed by atoms with Crippen LogP contribution in [0.2, 0.25) is 0 Å². The van der Waals surface area contributed by atoms with E-state index in [1.807, 2.05) is 12.1 Å². The molecule has 1 aromatic rings. The van der Waals surface area contributed by atoms with Crippen LogP contribution in [0, 0.1) is 0 Å². The molecule has 0 aliphatic carbocycles. The van der Waals surface area contributed by atoms with Crippen LogP contribution in [0.4, 0.5) is 0 Å². The monoisotopic (exact) mass is 209 g/mol. The lowest BCUT2D eigenvalue weighted by atomic mass is 10.1. The summed E-state index contributed by atoms with van der Waals surface area (Å²) in [7, 11) is 0. The van der Waals surface area contributed by atoms with E-state index in [4.69, 9.17) is 10.2 Å². The van der Waals surface area contributed by atoms with Gasteiger partial charge in [0, 0.05) is 45.2 Å². The Hall–Kier alpha value is -0.840. The van der Waals surface area contributed by atoms with Gasteiger partial charge in [0.05, 0.1) is 6.26 Å². The molecule has 1 aliphatic heterocycles. The minimum absolute atomic E-state index is 0.175. The zero-order chi connectivity index (χ0) is 10.5. The molecule has 4 nitrogen and oxygen atoms in total. The Labute approximate surface area is 90.4 Å². The zero-order valence-corrected chi connectivity index (χ0v) is 8.98. The quantitative estimate of drug-likeness (QED) is 0.736. The maximum atomic E-state index is 6.07. The second kappa shape index (κ2) is 5.30. The van der Waals surface area contributed by atoms with Gasteiger partial charge >= 0.3 is 0 Å². The molecule has 2 heterocycles. The van der Waals surface area contributed by atoms with Gasteiger partial charge in [-0.3, -0.25) is 4.90 Å². The molecule has 0 aromatic carbocycles. The molecule has 0 spiro atoms. The van der Waals surface area contributed by atoms with Crippen molar-refractivity contribution in [2.45, 2.75) is 12.5 Å². The van der Waals surface area contributed by atoms with Gasteiger partial charge in [0.15, 0.2) is 0 Å². The summed E-state index contributed by atoms with van der Waals surface area (Å²) in [6, 6.07) is 4.07. The van der Waals surface area contributed by atoms with Crippen molar-refractivity contribution < 1.29 is 4.42 Å². The molecule has 0 bridgehead atoms. The van der Waals surface area contributed by atoms with Crippen LogP contribution >= 0.6 is 0 Å². The van der Waals surface area contributed by atoms with Crippen LogP contribution in [0.1, 0.15) is 5.76 Å². The predicted molar refractivity (Wildman–Crippen MR) is 59.7 cm³/mol. The molecule has 15 heavy (non-hydrogen) atoms. The minimum Gasteiger partial charge on any atom is -0.469 e. The number of hydrogen-bond acceptors (Lipinski definition) is 4. The van der Waals surface area contributed by atoms with Crippen LogP contribution in [0.3, 0.4) is 0 Å². The number of nitrogens with zero attached hydrogens (tertiary/aromatic N) is 1. The number of nitrogens with one attached hydrogen (secondary N) is 1. The normalized spacial score (nSPS) is 20.3. The van der Waals surface area contributed by atoms with E-state index in [9.17, 15) is 0 Å². The van der Waals surface area contributed by atoms with Gasteiger partial charge in [0.1, 0.15) is 5.76 Å². The lowest BCUT2D eigenvalue weighted by Gasteiger charge is -2.29. The molecule has 1 unspecified atom stereocenters. The molecule has 0 radical (unpaired) electrons. The van der Waals surface area contributed by atoms with Crippen LogP contribution in [0.25, 0.3) is 0 Å². The van der Waals surface area contributed by atoms with Gasteiger partial charge in [-0.1, -0.05) is 0 Å². The highest BCUT2D eigenvalue weighted by Gasteiger charge is 2.14. The average Bonchev–Trinajstić information content (AvgIpc) is 2.71. The Morgan fingerprint density at radius 2 is 2.27 bits per heavy atom. The van der Waals surface area contributed by atoms with Crippen molar-refractivity contribution in [2.24, 2.45) is 5.73 Å². The highest BCUT2D eigenvalue weighted by Crippen LogP contribution is 2.04. The van der Waals surface area contributed by atoms with Crippen LogP contribution in [0.5, 0.6) is 0 Å². The summed E-state index contributed by atoms with van der Waals surface area (Å²) in [6.45, 7) is 5.32. The summed E-state index contributed by atoms with van der Waals surface area (Å²) >= 11 is 0. The van der Waals surface area contributed by atoms with Crippen LogP contribution < -0.4 is 11.1 Å². The number of furan rings is 1. The van der Waals surface area contributed by atoms with Crippen LogP contribution in [-0.4, -0.2) is 43.7 Å². The van der Waals surface area contributed by atoms with Crippen molar-refractivity contribution in [2.75, 3.05) is 32.7 Å². The van der Waals surface area contributed by atoms with Gasteiger partial charge in [-0.15, -0.1) is 0 Å². The van der Waals surface area contributed by atoms with Gasteiger partial charge in [-0.2, -0.15) is 0 Å². The first-order valence-corrected chi connectivity index (χ1v) is 5.55. The first-order chi connectivity index (χ1) is 7.34. The maximum absolute atomic E-state index is 6.07. The van der Waals surface area contributed by atoms with E-state index in [0.29, 0.717) is 0 Å². The van der Waals surface area contributed by atoms with Crippen molar-refractivity contribution in [3.05, 3.63) is 24.2 Å². The first kappa shape index (κ1) is 10.7.